The van der Waals surface area contributed by atoms with Crippen LogP contribution in [0.5, 0.6) is 0 Å². The normalized spacial score (nSPS) is 17.9. The van der Waals surface area contributed by atoms with Crippen molar-refractivity contribution in [1.29, 1.82) is 0 Å². The first-order chi connectivity index (χ1) is 11.4. The number of esters is 1. The molecule has 1 rings (SSSR count). The molecule has 1 heterocycles. The fraction of sp³-hybridized carbons (Fsp3) is 0.812. The quantitative estimate of drug-likeness (QED) is 0.236. The fourth-order valence-corrected chi connectivity index (χ4v) is 3.12. The molecule has 1 saturated heterocycles. The lowest BCUT2D eigenvalue weighted by Gasteiger charge is -2.30. The van der Waals surface area contributed by atoms with Crippen molar-refractivity contribution in [1.82, 2.24) is 4.90 Å². The number of carbonyl (C=O) groups is 1. The van der Waals surface area contributed by atoms with Crippen LogP contribution in [0, 0.1) is 0 Å². The third-order valence-corrected chi connectivity index (χ3v) is 4.50. The van der Waals surface area contributed by atoms with Crippen molar-refractivity contribution >= 4 is 16.1 Å². The molecule has 0 aromatic rings. The minimum atomic E-state index is -4.46. The van der Waals surface area contributed by atoms with E-state index in [2.05, 4.69) is 6.92 Å². The van der Waals surface area contributed by atoms with E-state index in [9.17, 15) is 17.8 Å². The van der Waals surface area contributed by atoms with Crippen LogP contribution in [0.2, 0.25) is 0 Å². The highest BCUT2D eigenvalue weighted by Gasteiger charge is 2.21. The van der Waals surface area contributed by atoms with E-state index in [0.29, 0.717) is 26.3 Å². The summed E-state index contributed by atoms with van der Waals surface area (Å²) in [5.41, 5.74) is 0. The second-order valence-corrected chi connectivity index (χ2v) is 7.40. The van der Waals surface area contributed by atoms with Crippen molar-refractivity contribution in [2.45, 2.75) is 45.1 Å². The molecule has 1 atom stereocenters. The first-order valence-corrected chi connectivity index (χ1v) is 10.1. The van der Waals surface area contributed by atoms with Crippen LogP contribution in [0.1, 0.15) is 39.0 Å². The summed E-state index contributed by atoms with van der Waals surface area (Å²) in [6, 6.07) is 0. The zero-order valence-electron chi connectivity index (χ0n) is 14.3. The van der Waals surface area contributed by atoms with Gasteiger partial charge >= 0.3 is 5.97 Å². The van der Waals surface area contributed by atoms with Gasteiger partial charge in [0.2, 0.25) is 0 Å². The van der Waals surface area contributed by atoms with Crippen molar-refractivity contribution < 1.29 is 27.2 Å². The van der Waals surface area contributed by atoms with Gasteiger partial charge in [-0.25, -0.2) is 13.2 Å². The van der Waals surface area contributed by atoms with Gasteiger partial charge in [0.05, 0.1) is 29.1 Å². The number of hydrogen-bond acceptors (Lipinski definition) is 7. The Labute approximate surface area is 144 Å². The summed E-state index contributed by atoms with van der Waals surface area (Å²) in [6.07, 6.45) is 7.31. The number of allylic oxidation sites excluding steroid dienone is 1. The van der Waals surface area contributed by atoms with Crippen molar-refractivity contribution in [3.05, 3.63) is 12.2 Å². The summed E-state index contributed by atoms with van der Waals surface area (Å²) >= 11 is 0. The molecule has 1 unspecified atom stereocenters. The zero-order valence-corrected chi connectivity index (χ0v) is 15.1. The van der Waals surface area contributed by atoms with Crippen molar-refractivity contribution in [3.8, 4) is 0 Å². The van der Waals surface area contributed by atoms with E-state index in [-0.39, 0.29) is 6.54 Å². The topological polar surface area (TPSA) is 96.0 Å². The molecular formula is C16H28NO6S-. The van der Waals surface area contributed by atoms with E-state index in [1.54, 1.807) is 6.08 Å². The Hall–Kier alpha value is -0.960. The van der Waals surface area contributed by atoms with Crippen LogP contribution in [-0.2, 0) is 24.4 Å². The monoisotopic (exact) mass is 362 g/mol. The molecule has 0 amide bonds. The van der Waals surface area contributed by atoms with Crippen LogP contribution in [0.3, 0.4) is 0 Å². The third-order valence-electron chi connectivity index (χ3n) is 3.72. The maximum atomic E-state index is 11.8. The van der Waals surface area contributed by atoms with E-state index < -0.39 is 27.9 Å². The molecule has 0 aromatic carbocycles. The Morgan fingerprint density at radius 1 is 1.29 bits per heavy atom. The molecule has 0 aliphatic carbocycles. The van der Waals surface area contributed by atoms with E-state index in [1.165, 1.54) is 12.5 Å². The number of morpholine rings is 1. The number of unbranched alkanes of at least 4 members (excludes halogenated alkanes) is 4. The molecule has 24 heavy (non-hydrogen) atoms. The molecule has 0 aromatic heterocycles. The van der Waals surface area contributed by atoms with Gasteiger partial charge in [-0.2, -0.15) is 0 Å². The largest absolute Gasteiger partial charge is 0.748 e. The molecule has 0 bridgehead atoms. The average Bonchev–Trinajstić information content (AvgIpc) is 2.50. The first-order valence-electron chi connectivity index (χ1n) is 8.51. The van der Waals surface area contributed by atoms with Crippen LogP contribution >= 0.6 is 0 Å². The van der Waals surface area contributed by atoms with Gasteiger partial charge in [-0.05, 0) is 12.8 Å². The molecule has 1 aliphatic heterocycles. The van der Waals surface area contributed by atoms with Gasteiger partial charge in [-0.1, -0.05) is 32.3 Å². The first kappa shape index (κ1) is 21.1. The van der Waals surface area contributed by atoms with Gasteiger partial charge in [-0.15, -0.1) is 0 Å². The number of hydrogen-bond donors (Lipinski definition) is 0. The molecule has 7 nitrogen and oxygen atoms in total. The van der Waals surface area contributed by atoms with Crippen LogP contribution in [0.4, 0.5) is 0 Å². The minimum Gasteiger partial charge on any atom is -0.748 e. The fourth-order valence-electron chi connectivity index (χ4n) is 2.50. The van der Waals surface area contributed by atoms with Gasteiger partial charge < -0.3 is 14.0 Å². The molecule has 0 spiro atoms. The molecule has 140 valence electrons. The highest BCUT2D eigenvalue weighted by Crippen LogP contribution is 2.06. The van der Waals surface area contributed by atoms with Crippen LogP contribution < -0.4 is 0 Å². The molecular weight excluding hydrogens is 334 g/mol. The van der Waals surface area contributed by atoms with Gasteiger partial charge in [0, 0.05) is 25.7 Å². The van der Waals surface area contributed by atoms with E-state index in [0.717, 1.165) is 25.7 Å². The zero-order chi connectivity index (χ0) is 17.8. The maximum absolute atomic E-state index is 11.8. The lowest BCUT2D eigenvalue weighted by atomic mass is 10.1. The summed E-state index contributed by atoms with van der Waals surface area (Å²) in [7, 11) is -4.46. The Morgan fingerprint density at radius 3 is 2.62 bits per heavy atom. The van der Waals surface area contributed by atoms with E-state index in [1.807, 2.05) is 4.90 Å². The number of carbonyl (C=O) groups excluding carboxylic acids is 1. The van der Waals surface area contributed by atoms with E-state index >= 15 is 0 Å². The third kappa shape index (κ3) is 10.7. The minimum absolute atomic E-state index is 0.223. The van der Waals surface area contributed by atoms with Crippen LogP contribution in [-0.4, -0.2) is 68.5 Å². The van der Waals surface area contributed by atoms with Crippen molar-refractivity contribution in [2.75, 3.05) is 38.6 Å². The molecule has 1 fully saturated rings. The highest BCUT2D eigenvalue weighted by atomic mass is 32.2. The molecule has 1 aliphatic rings. The molecule has 8 heteroatoms. The second kappa shape index (κ2) is 11.6. The lowest BCUT2D eigenvalue weighted by Crippen LogP contribution is -2.44. The van der Waals surface area contributed by atoms with Crippen LogP contribution in [0.15, 0.2) is 12.2 Å². The summed E-state index contributed by atoms with van der Waals surface area (Å²) in [5, 5.41) is 0. The van der Waals surface area contributed by atoms with Gasteiger partial charge in [0.1, 0.15) is 6.10 Å². The van der Waals surface area contributed by atoms with Crippen molar-refractivity contribution in [3.63, 3.8) is 0 Å². The number of nitrogens with zero attached hydrogens (tertiary/aromatic N) is 1. The molecule has 0 N–H and O–H groups in total. The standard InChI is InChI=1S/C16H29NO6S/c1-2-3-4-5-6-7-8-16(18)23-15(14-24(19,20)21)13-17-9-11-22-12-10-17/h7-8,15H,2-6,9-14H2,1H3,(H,19,20,21)/p-1/b8-7+. The number of rotatable bonds is 11. The lowest BCUT2D eigenvalue weighted by molar-refractivity contribution is -0.143. The van der Waals surface area contributed by atoms with E-state index in [4.69, 9.17) is 9.47 Å². The Balaban J connectivity index is 2.44. The Kier molecular flexibility index (Phi) is 10.2. The summed E-state index contributed by atoms with van der Waals surface area (Å²) in [6.45, 7) is 4.69. The molecule has 0 radical (unpaired) electrons. The predicted octanol–water partition coefficient (Wildman–Crippen LogP) is 1.30. The Morgan fingerprint density at radius 2 is 2.00 bits per heavy atom. The Bertz CT molecular complexity index is 485. The smallest absolute Gasteiger partial charge is 0.330 e. The summed E-state index contributed by atoms with van der Waals surface area (Å²) in [5.74, 6) is -1.31. The number of ether oxygens (including phenoxy) is 2. The van der Waals surface area contributed by atoms with Crippen LogP contribution in [0.25, 0.3) is 0 Å². The maximum Gasteiger partial charge on any atom is 0.330 e. The van der Waals surface area contributed by atoms with Gasteiger partial charge in [-0.3, -0.25) is 4.90 Å². The average molecular weight is 362 g/mol. The van der Waals surface area contributed by atoms with Crippen molar-refractivity contribution in [2.24, 2.45) is 0 Å². The summed E-state index contributed by atoms with van der Waals surface area (Å²) in [4.78, 5) is 13.8. The predicted molar refractivity (Wildman–Crippen MR) is 89.6 cm³/mol. The second-order valence-electron chi connectivity index (χ2n) is 5.95. The SMILES string of the molecule is CCCCCC/C=C/C(=O)OC(CN1CCOCC1)CS(=O)(=O)[O-]. The van der Waals surface area contributed by atoms with Gasteiger partial charge in [0.25, 0.3) is 0 Å². The summed E-state index contributed by atoms with van der Waals surface area (Å²) < 4.78 is 43.4. The van der Waals surface area contributed by atoms with Gasteiger partial charge in [0.15, 0.2) is 0 Å². The molecule has 0 saturated carbocycles. The highest BCUT2D eigenvalue weighted by molar-refractivity contribution is 7.85.